The van der Waals surface area contributed by atoms with Crippen molar-refractivity contribution in [2.75, 3.05) is 7.11 Å². The van der Waals surface area contributed by atoms with Gasteiger partial charge in [0.15, 0.2) is 0 Å². The topological polar surface area (TPSA) is 9.23 Å². The number of hydrogen-bond donors (Lipinski definition) is 0. The van der Waals surface area contributed by atoms with Crippen molar-refractivity contribution in [2.45, 2.75) is 0 Å². The van der Waals surface area contributed by atoms with Crippen LogP contribution >= 0.6 is 0 Å². The molecule has 6 rings (SSSR count). The molecule has 0 unspecified atom stereocenters. The van der Waals surface area contributed by atoms with Gasteiger partial charge in [-0.1, -0.05) is 97.1 Å². The standard InChI is InChI=1S/C31H22O/c1-32-25-18-16-23(17-19-25)28-27-20-24-14-8-9-15-26(24)31(27)30(22-12-6-3-7-13-22)29(28)21-10-4-2-5-11-21/h2-20H,1H3. The van der Waals surface area contributed by atoms with E-state index in [1.54, 1.807) is 7.11 Å². The lowest BCUT2D eigenvalue weighted by Crippen LogP contribution is -1.93. The molecule has 0 amide bonds. The molecular weight excluding hydrogens is 388 g/mol. The third kappa shape index (κ3) is 2.86. The highest BCUT2D eigenvalue weighted by Gasteiger charge is 2.35. The fourth-order valence-electron chi connectivity index (χ4n) is 4.92. The Kier molecular flexibility index (Phi) is 4.40. The van der Waals surface area contributed by atoms with Crippen LogP contribution < -0.4 is 4.74 Å². The zero-order chi connectivity index (χ0) is 21.5. The van der Waals surface area contributed by atoms with E-state index in [4.69, 9.17) is 4.74 Å². The number of benzene rings is 4. The first-order chi connectivity index (χ1) is 15.8. The minimum Gasteiger partial charge on any atom is -0.497 e. The molecule has 0 aromatic heterocycles. The average Bonchev–Trinajstić information content (AvgIpc) is 3.40. The summed E-state index contributed by atoms with van der Waals surface area (Å²) in [6, 6.07) is 38.7. The van der Waals surface area contributed by atoms with Crippen molar-refractivity contribution in [3.05, 3.63) is 143 Å². The smallest absolute Gasteiger partial charge is 0.118 e. The number of fused-ring (bicyclic) bond motifs is 3. The molecule has 0 aliphatic heterocycles. The van der Waals surface area contributed by atoms with E-state index in [2.05, 4.69) is 103 Å². The summed E-state index contributed by atoms with van der Waals surface area (Å²) in [5, 5.41) is 0. The molecule has 0 radical (unpaired) electrons. The molecule has 0 saturated heterocycles. The van der Waals surface area contributed by atoms with E-state index in [1.165, 1.54) is 55.7 Å². The third-order valence-corrected chi connectivity index (χ3v) is 6.32. The average molecular weight is 411 g/mol. The molecule has 1 nitrogen and oxygen atoms in total. The summed E-state index contributed by atoms with van der Waals surface area (Å²) in [5.74, 6) is 0.869. The molecule has 2 aliphatic carbocycles. The molecule has 4 aromatic rings. The Morgan fingerprint density at radius 3 is 1.62 bits per heavy atom. The Bertz CT molecular complexity index is 1400. The third-order valence-electron chi connectivity index (χ3n) is 6.32. The van der Waals surface area contributed by atoms with Gasteiger partial charge in [-0.3, -0.25) is 0 Å². The maximum atomic E-state index is 5.43. The molecule has 0 atom stereocenters. The van der Waals surface area contributed by atoms with Crippen molar-refractivity contribution < 1.29 is 4.74 Å². The summed E-state index contributed by atoms with van der Waals surface area (Å²) in [4.78, 5) is 0. The van der Waals surface area contributed by atoms with Crippen molar-refractivity contribution in [3.8, 4) is 5.75 Å². The van der Waals surface area contributed by atoms with Gasteiger partial charge in [0.25, 0.3) is 0 Å². The Hall–Kier alpha value is -4.10. The highest BCUT2D eigenvalue weighted by atomic mass is 16.5. The van der Waals surface area contributed by atoms with Gasteiger partial charge in [-0.25, -0.2) is 0 Å². The van der Waals surface area contributed by atoms with Gasteiger partial charge in [0.05, 0.1) is 7.11 Å². The normalized spacial score (nSPS) is 14.3. The quantitative estimate of drug-likeness (QED) is 0.336. The lowest BCUT2D eigenvalue weighted by Gasteiger charge is -2.15. The number of ether oxygens (including phenoxy) is 1. The first-order valence-corrected chi connectivity index (χ1v) is 10.9. The molecule has 0 N–H and O–H groups in total. The Balaban J connectivity index is 1.70. The van der Waals surface area contributed by atoms with Crippen LogP contribution in [0.25, 0.3) is 28.4 Å². The van der Waals surface area contributed by atoms with Crippen LogP contribution in [0.5, 0.6) is 5.75 Å². The lowest BCUT2D eigenvalue weighted by atomic mass is 9.88. The van der Waals surface area contributed by atoms with Crippen LogP contribution in [0.15, 0.2) is 115 Å². The fraction of sp³-hybridized carbons (Fsp3) is 0.0323. The highest BCUT2D eigenvalue weighted by Crippen LogP contribution is 2.58. The summed E-state index contributed by atoms with van der Waals surface area (Å²) in [6.45, 7) is 0. The van der Waals surface area contributed by atoms with Crippen LogP contribution in [-0.2, 0) is 0 Å². The van der Waals surface area contributed by atoms with Gasteiger partial charge >= 0.3 is 0 Å². The molecule has 32 heavy (non-hydrogen) atoms. The fourth-order valence-corrected chi connectivity index (χ4v) is 4.92. The van der Waals surface area contributed by atoms with Crippen molar-refractivity contribution in [1.82, 2.24) is 0 Å². The van der Waals surface area contributed by atoms with E-state index < -0.39 is 0 Å². The number of allylic oxidation sites excluding steroid dienone is 5. The van der Waals surface area contributed by atoms with Crippen molar-refractivity contribution in [2.24, 2.45) is 0 Å². The number of hydrogen-bond acceptors (Lipinski definition) is 1. The van der Waals surface area contributed by atoms with Gasteiger partial charge < -0.3 is 4.74 Å². The van der Waals surface area contributed by atoms with Gasteiger partial charge in [-0.05, 0) is 73.9 Å². The highest BCUT2D eigenvalue weighted by molar-refractivity contribution is 6.37. The largest absolute Gasteiger partial charge is 0.497 e. The van der Waals surface area contributed by atoms with Crippen molar-refractivity contribution in [1.29, 1.82) is 0 Å². The van der Waals surface area contributed by atoms with E-state index in [9.17, 15) is 0 Å². The second kappa shape index (κ2) is 7.55. The molecule has 0 saturated carbocycles. The summed E-state index contributed by atoms with van der Waals surface area (Å²) < 4.78 is 5.43. The SMILES string of the molecule is COc1ccc(C2=C(c3ccccc3)C(c3ccccc3)=C3C2=Cc2ccccc23)cc1. The van der Waals surface area contributed by atoms with Crippen LogP contribution in [0.1, 0.15) is 27.8 Å². The van der Waals surface area contributed by atoms with Gasteiger partial charge in [-0.2, -0.15) is 0 Å². The molecule has 2 aliphatic rings. The second-order valence-corrected chi connectivity index (χ2v) is 8.11. The van der Waals surface area contributed by atoms with Gasteiger partial charge in [-0.15, -0.1) is 0 Å². The van der Waals surface area contributed by atoms with E-state index in [0.29, 0.717) is 0 Å². The van der Waals surface area contributed by atoms with Crippen LogP contribution in [0, 0.1) is 0 Å². The van der Waals surface area contributed by atoms with Gasteiger partial charge in [0, 0.05) is 0 Å². The molecule has 152 valence electrons. The maximum Gasteiger partial charge on any atom is 0.118 e. The van der Waals surface area contributed by atoms with Gasteiger partial charge in [0.2, 0.25) is 0 Å². The van der Waals surface area contributed by atoms with Crippen molar-refractivity contribution >= 4 is 28.4 Å². The molecule has 4 aromatic carbocycles. The van der Waals surface area contributed by atoms with Crippen LogP contribution in [-0.4, -0.2) is 7.11 Å². The maximum absolute atomic E-state index is 5.43. The summed E-state index contributed by atoms with van der Waals surface area (Å²) in [7, 11) is 1.71. The minimum atomic E-state index is 0.869. The van der Waals surface area contributed by atoms with Crippen LogP contribution in [0.2, 0.25) is 0 Å². The number of methoxy groups -OCH3 is 1. The molecule has 0 heterocycles. The Morgan fingerprint density at radius 1 is 0.469 bits per heavy atom. The minimum absolute atomic E-state index is 0.869. The predicted molar refractivity (Wildman–Crippen MR) is 134 cm³/mol. The van der Waals surface area contributed by atoms with Crippen LogP contribution in [0.4, 0.5) is 0 Å². The van der Waals surface area contributed by atoms with Crippen molar-refractivity contribution in [3.63, 3.8) is 0 Å². The zero-order valence-electron chi connectivity index (χ0n) is 17.9. The first kappa shape index (κ1) is 18.7. The summed E-state index contributed by atoms with van der Waals surface area (Å²) >= 11 is 0. The van der Waals surface area contributed by atoms with E-state index in [1.807, 2.05) is 12.1 Å². The first-order valence-electron chi connectivity index (χ1n) is 10.9. The molecular formula is C31H22O. The molecule has 1 heteroatoms. The zero-order valence-corrected chi connectivity index (χ0v) is 17.9. The monoisotopic (exact) mass is 410 g/mol. The lowest BCUT2D eigenvalue weighted by molar-refractivity contribution is 0.415. The number of rotatable bonds is 4. The van der Waals surface area contributed by atoms with E-state index in [0.717, 1.165) is 5.75 Å². The molecule has 0 spiro atoms. The Labute approximate surface area is 188 Å². The predicted octanol–water partition coefficient (Wildman–Crippen LogP) is 7.63. The molecule has 0 fully saturated rings. The van der Waals surface area contributed by atoms with E-state index in [-0.39, 0.29) is 0 Å². The summed E-state index contributed by atoms with van der Waals surface area (Å²) in [5.41, 5.74) is 12.8. The van der Waals surface area contributed by atoms with Crippen LogP contribution in [0.3, 0.4) is 0 Å². The second-order valence-electron chi connectivity index (χ2n) is 8.11. The molecule has 0 bridgehead atoms. The Morgan fingerprint density at radius 2 is 1.00 bits per heavy atom. The van der Waals surface area contributed by atoms with E-state index >= 15 is 0 Å². The van der Waals surface area contributed by atoms with Gasteiger partial charge in [0.1, 0.15) is 5.75 Å². The summed E-state index contributed by atoms with van der Waals surface area (Å²) in [6.07, 6.45) is 2.35.